The van der Waals surface area contributed by atoms with Crippen molar-refractivity contribution in [1.82, 2.24) is 0 Å². The van der Waals surface area contributed by atoms with E-state index in [4.69, 9.17) is 0 Å². The summed E-state index contributed by atoms with van der Waals surface area (Å²) in [6.45, 7) is 8.06. The molecular formula is C27H22F6N2OS. The van der Waals surface area contributed by atoms with Gasteiger partial charge in [0.1, 0.15) is 6.07 Å². The lowest BCUT2D eigenvalue weighted by Crippen LogP contribution is -2.42. The summed E-state index contributed by atoms with van der Waals surface area (Å²) in [7, 11) is 1.35. The van der Waals surface area contributed by atoms with Gasteiger partial charge in [0.2, 0.25) is 5.91 Å². The fourth-order valence-electron chi connectivity index (χ4n) is 3.98. The van der Waals surface area contributed by atoms with E-state index >= 15 is 0 Å². The van der Waals surface area contributed by atoms with Crippen LogP contribution in [0.2, 0.25) is 0 Å². The van der Waals surface area contributed by atoms with Gasteiger partial charge in [-0.15, -0.1) is 11.3 Å². The normalized spacial score (nSPS) is 12.2. The van der Waals surface area contributed by atoms with E-state index in [9.17, 15) is 36.4 Å². The van der Waals surface area contributed by atoms with Crippen LogP contribution in [0.15, 0.2) is 49.0 Å². The van der Waals surface area contributed by atoms with Crippen LogP contribution in [-0.2, 0) is 22.6 Å². The largest absolute Gasteiger partial charge is 0.416 e. The van der Waals surface area contributed by atoms with Crippen molar-refractivity contribution >= 4 is 29.0 Å². The Balaban J connectivity index is 2.22. The number of hydrogen-bond donors (Lipinski definition) is 0. The van der Waals surface area contributed by atoms with Crippen molar-refractivity contribution < 1.29 is 31.1 Å². The van der Waals surface area contributed by atoms with Crippen LogP contribution in [-0.4, -0.2) is 13.0 Å². The van der Waals surface area contributed by atoms with Crippen LogP contribution in [0.4, 0.5) is 32.0 Å². The van der Waals surface area contributed by atoms with Gasteiger partial charge in [0, 0.05) is 11.9 Å². The number of alkyl halides is 6. The standard InChI is InChI=1S/C27H22F6N2OS/c1-6-21-20(14-34)22(23(37-21)19-10-8-7-9-15(19)2)35(5)24(36)25(3,4)16-11-17(26(28,29)30)13-18(12-16)27(31,32)33/h6-13H,1H2,2-5H3. The number of aryl methyl sites for hydroxylation is 1. The van der Waals surface area contributed by atoms with Gasteiger partial charge in [-0.3, -0.25) is 4.79 Å². The number of likely N-dealkylation sites (N-methyl/N-ethyl adjacent to an activating group) is 1. The highest BCUT2D eigenvalue weighted by Crippen LogP contribution is 2.46. The monoisotopic (exact) mass is 536 g/mol. The second-order valence-corrected chi connectivity index (χ2v) is 9.99. The summed E-state index contributed by atoms with van der Waals surface area (Å²) in [6.07, 6.45) is -8.65. The van der Waals surface area contributed by atoms with Crippen LogP contribution < -0.4 is 4.90 Å². The maximum atomic E-state index is 13.8. The summed E-state index contributed by atoms with van der Waals surface area (Å²) in [5.41, 5.74) is -3.39. The summed E-state index contributed by atoms with van der Waals surface area (Å²) in [4.78, 5) is 15.9. The third-order valence-electron chi connectivity index (χ3n) is 6.08. The van der Waals surface area contributed by atoms with Gasteiger partial charge < -0.3 is 4.90 Å². The average Bonchev–Trinajstić information content (AvgIpc) is 3.20. The maximum absolute atomic E-state index is 13.8. The number of amides is 1. The molecule has 0 saturated heterocycles. The van der Waals surface area contributed by atoms with Crippen molar-refractivity contribution in [3.05, 3.63) is 81.7 Å². The Morgan fingerprint density at radius 3 is 1.97 bits per heavy atom. The average molecular weight is 537 g/mol. The van der Waals surface area contributed by atoms with Crippen molar-refractivity contribution in [2.45, 2.75) is 38.5 Å². The highest BCUT2D eigenvalue weighted by Gasteiger charge is 2.41. The minimum Gasteiger partial charge on any atom is -0.312 e. The lowest BCUT2D eigenvalue weighted by molar-refractivity contribution is -0.143. The lowest BCUT2D eigenvalue weighted by atomic mass is 9.81. The highest BCUT2D eigenvalue weighted by atomic mass is 32.1. The Bertz CT molecular complexity index is 1380. The van der Waals surface area contributed by atoms with Gasteiger partial charge in [0.05, 0.1) is 32.7 Å². The summed E-state index contributed by atoms with van der Waals surface area (Å²) >= 11 is 1.21. The molecule has 0 unspecified atom stereocenters. The molecule has 1 aromatic heterocycles. The van der Waals surface area contributed by atoms with Gasteiger partial charge >= 0.3 is 12.4 Å². The number of anilines is 1. The lowest BCUT2D eigenvalue weighted by Gasteiger charge is -2.31. The molecule has 1 amide bonds. The zero-order valence-corrected chi connectivity index (χ0v) is 21.1. The summed E-state index contributed by atoms with van der Waals surface area (Å²) < 4.78 is 80.8. The molecule has 0 saturated carbocycles. The molecule has 0 aliphatic heterocycles. The maximum Gasteiger partial charge on any atom is 0.416 e. The van der Waals surface area contributed by atoms with Crippen molar-refractivity contribution in [2.24, 2.45) is 0 Å². The van der Waals surface area contributed by atoms with Gasteiger partial charge in [0.25, 0.3) is 0 Å². The molecule has 0 atom stereocenters. The number of nitriles is 1. The van der Waals surface area contributed by atoms with Gasteiger partial charge in [-0.05, 0) is 55.7 Å². The van der Waals surface area contributed by atoms with E-state index in [0.717, 1.165) is 16.0 Å². The summed E-state index contributed by atoms with van der Waals surface area (Å²) in [5.74, 6) is -0.792. The molecule has 37 heavy (non-hydrogen) atoms. The second-order valence-electron chi connectivity index (χ2n) is 8.93. The zero-order chi connectivity index (χ0) is 27.9. The number of hydrogen-bond acceptors (Lipinski definition) is 3. The predicted molar refractivity (Wildman–Crippen MR) is 132 cm³/mol. The number of halogens is 6. The SMILES string of the molecule is C=Cc1sc(-c2ccccc2C)c(N(C)C(=O)C(C)(C)c2cc(C(F)(F)F)cc(C(F)(F)F)c2)c1C#N. The van der Waals surface area contributed by atoms with E-state index in [-0.39, 0.29) is 17.3 Å². The van der Waals surface area contributed by atoms with E-state index in [1.54, 1.807) is 12.1 Å². The van der Waals surface area contributed by atoms with E-state index in [2.05, 4.69) is 12.6 Å². The van der Waals surface area contributed by atoms with Gasteiger partial charge in [-0.25, -0.2) is 0 Å². The Morgan fingerprint density at radius 2 is 1.51 bits per heavy atom. The van der Waals surface area contributed by atoms with Crippen LogP contribution >= 0.6 is 11.3 Å². The Hall–Kier alpha value is -3.58. The van der Waals surface area contributed by atoms with Crippen LogP contribution in [0.25, 0.3) is 16.5 Å². The summed E-state index contributed by atoms with van der Waals surface area (Å²) in [6, 6.07) is 10.4. The zero-order valence-electron chi connectivity index (χ0n) is 20.3. The number of nitrogens with zero attached hydrogens (tertiary/aromatic N) is 2. The second kappa shape index (κ2) is 9.71. The third-order valence-corrected chi connectivity index (χ3v) is 7.29. The topological polar surface area (TPSA) is 44.1 Å². The minimum atomic E-state index is -5.06. The fraction of sp³-hybridized carbons (Fsp3) is 0.259. The van der Waals surface area contributed by atoms with Crippen molar-refractivity contribution in [2.75, 3.05) is 11.9 Å². The van der Waals surface area contributed by atoms with E-state index in [0.29, 0.717) is 21.9 Å². The van der Waals surface area contributed by atoms with E-state index in [1.165, 1.54) is 38.3 Å². The van der Waals surface area contributed by atoms with Crippen LogP contribution in [0.1, 0.15) is 46.5 Å². The first-order valence-corrected chi connectivity index (χ1v) is 11.7. The summed E-state index contributed by atoms with van der Waals surface area (Å²) in [5, 5.41) is 9.88. The molecule has 0 fully saturated rings. The van der Waals surface area contributed by atoms with Crippen LogP contribution in [0.3, 0.4) is 0 Å². The number of thiophene rings is 1. The highest BCUT2D eigenvalue weighted by molar-refractivity contribution is 7.17. The molecule has 0 radical (unpaired) electrons. The molecule has 3 rings (SSSR count). The molecule has 0 spiro atoms. The quantitative estimate of drug-likeness (QED) is 0.309. The predicted octanol–water partition coefficient (Wildman–Crippen LogP) is 8.22. The van der Waals surface area contributed by atoms with Crippen LogP contribution in [0.5, 0.6) is 0 Å². The minimum absolute atomic E-state index is 0.0209. The first-order valence-electron chi connectivity index (χ1n) is 10.9. The molecule has 194 valence electrons. The van der Waals surface area contributed by atoms with E-state index < -0.39 is 40.4 Å². The molecule has 0 bridgehead atoms. The Labute approximate surface area is 214 Å². The number of rotatable bonds is 5. The Kier molecular flexibility index (Phi) is 7.35. The number of carbonyl (C=O) groups is 1. The van der Waals surface area contributed by atoms with Gasteiger partial charge in [0.15, 0.2) is 0 Å². The molecule has 10 heteroatoms. The molecule has 0 N–H and O–H groups in total. The number of carbonyl (C=O) groups excluding carboxylic acids is 1. The Morgan fingerprint density at radius 1 is 1.00 bits per heavy atom. The molecule has 2 aromatic carbocycles. The number of benzene rings is 2. The van der Waals surface area contributed by atoms with Gasteiger partial charge in [-0.2, -0.15) is 31.6 Å². The van der Waals surface area contributed by atoms with Crippen molar-refractivity contribution in [3.8, 4) is 16.5 Å². The molecule has 3 aromatic rings. The smallest absolute Gasteiger partial charge is 0.312 e. The molecule has 0 aliphatic carbocycles. The third kappa shape index (κ3) is 5.27. The molecular weight excluding hydrogens is 514 g/mol. The molecule has 3 nitrogen and oxygen atoms in total. The van der Waals surface area contributed by atoms with Crippen molar-refractivity contribution in [1.29, 1.82) is 5.26 Å². The molecule has 0 aliphatic rings. The van der Waals surface area contributed by atoms with Crippen molar-refractivity contribution in [3.63, 3.8) is 0 Å². The molecule has 1 heterocycles. The van der Waals surface area contributed by atoms with Crippen LogP contribution in [0, 0.1) is 18.3 Å². The first kappa shape index (κ1) is 28.0. The fourth-order valence-corrected chi connectivity index (χ4v) is 5.20. The van der Waals surface area contributed by atoms with Gasteiger partial charge in [-0.1, -0.05) is 36.9 Å². The van der Waals surface area contributed by atoms with E-state index in [1.807, 2.05) is 19.1 Å². The first-order chi connectivity index (χ1) is 17.0.